The van der Waals surface area contributed by atoms with Gasteiger partial charge in [-0.05, 0) is 25.1 Å². The highest BCUT2D eigenvalue weighted by atomic mass is 32.2. The second kappa shape index (κ2) is 8.19. The van der Waals surface area contributed by atoms with Crippen molar-refractivity contribution in [3.63, 3.8) is 0 Å². The number of halogens is 1. The molecule has 3 unspecified atom stereocenters. The van der Waals surface area contributed by atoms with Crippen molar-refractivity contribution in [1.82, 2.24) is 0 Å². The molecule has 4 atom stereocenters. The Morgan fingerprint density at radius 2 is 2.06 bits per heavy atom. The van der Waals surface area contributed by atoms with Crippen LogP contribution in [0.1, 0.15) is 20.3 Å². The summed E-state index contributed by atoms with van der Waals surface area (Å²) < 4.78 is 59.0. The van der Waals surface area contributed by atoms with Crippen molar-refractivity contribution in [1.29, 1.82) is 0 Å². The Morgan fingerprint density at radius 1 is 1.29 bits per heavy atom. The number of hydrogen-bond acceptors (Lipinski definition) is 8. The highest BCUT2D eigenvalue weighted by Gasteiger charge is 2.48. The first-order chi connectivity index (χ1) is 14.6. The summed E-state index contributed by atoms with van der Waals surface area (Å²) in [6.07, 6.45) is 0.187. The molecule has 1 aromatic rings. The van der Waals surface area contributed by atoms with Crippen LogP contribution in [0.15, 0.2) is 18.2 Å². The van der Waals surface area contributed by atoms with Crippen LogP contribution < -0.4 is 9.80 Å². The third-order valence-electron chi connectivity index (χ3n) is 5.86. The molecular formula is C20H27FN2O7S. The van der Waals surface area contributed by atoms with E-state index in [1.165, 1.54) is 11.0 Å². The fourth-order valence-electron chi connectivity index (χ4n) is 4.31. The van der Waals surface area contributed by atoms with Crippen molar-refractivity contribution in [2.45, 2.75) is 38.3 Å². The Kier molecular flexibility index (Phi) is 5.88. The van der Waals surface area contributed by atoms with E-state index in [9.17, 15) is 17.6 Å². The molecule has 0 aliphatic carbocycles. The van der Waals surface area contributed by atoms with Gasteiger partial charge in [0, 0.05) is 25.4 Å². The first kappa shape index (κ1) is 22.3. The number of carbonyl (C=O) groups excluding carboxylic acids is 1. The first-order valence-corrected chi connectivity index (χ1v) is 12.1. The van der Waals surface area contributed by atoms with Crippen molar-refractivity contribution in [3.8, 4) is 0 Å². The van der Waals surface area contributed by atoms with Crippen LogP contribution in [0.3, 0.4) is 0 Å². The van der Waals surface area contributed by atoms with E-state index < -0.39 is 33.9 Å². The van der Waals surface area contributed by atoms with E-state index in [0.717, 1.165) is 6.26 Å². The van der Waals surface area contributed by atoms with Gasteiger partial charge in [0.25, 0.3) is 10.1 Å². The largest absolute Gasteiger partial charge is 0.441 e. The Labute approximate surface area is 181 Å². The lowest BCUT2D eigenvalue weighted by Crippen LogP contribution is -2.52. The first-order valence-electron chi connectivity index (χ1n) is 10.2. The maximum absolute atomic E-state index is 15.0. The van der Waals surface area contributed by atoms with Gasteiger partial charge in [-0.15, -0.1) is 0 Å². The van der Waals surface area contributed by atoms with Gasteiger partial charge in [-0.1, -0.05) is 6.92 Å². The Balaban J connectivity index is 1.42. The molecule has 1 amide bonds. The van der Waals surface area contributed by atoms with Gasteiger partial charge in [-0.25, -0.2) is 9.18 Å². The Hall–Kier alpha value is -1.95. The third-order valence-corrected chi connectivity index (χ3v) is 6.43. The van der Waals surface area contributed by atoms with E-state index in [-0.39, 0.29) is 25.2 Å². The molecule has 3 aliphatic rings. The fraction of sp³-hybridized carbons (Fsp3) is 0.650. The van der Waals surface area contributed by atoms with Gasteiger partial charge in [0.1, 0.15) is 18.5 Å². The second-order valence-corrected chi connectivity index (χ2v) is 10.0. The van der Waals surface area contributed by atoms with Crippen molar-refractivity contribution in [2.24, 2.45) is 5.92 Å². The maximum Gasteiger partial charge on any atom is 0.414 e. The summed E-state index contributed by atoms with van der Waals surface area (Å²) in [6, 6.07) is 4.58. The number of rotatable bonds is 5. The van der Waals surface area contributed by atoms with Crippen LogP contribution in [0.5, 0.6) is 0 Å². The zero-order valence-electron chi connectivity index (χ0n) is 17.7. The summed E-state index contributed by atoms with van der Waals surface area (Å²) in [5.41, 5.74) is 0.784. The van der Waals surface area contributed by atoms with Crippen LogP contribution >= 0.6 is 0 Å². The van der Waals surface area contributed by atoms with E-state index in [4.69, 9.17) is 18.4 Å². The van der Waals surface area contributed by atoms with E-state index in [2.05, 4.69) is 0 Å². The van der Waals surface area contributed by atoms with Crippen molar-refractivity contribution < 1.29 is 36.0 Å². The number of hydrogen-bond donors (Lipinski definition) is 0. The molecule has 4 rings (SSSR count). The molecule has 3 saturated heterocycles. The molecule has 0 saturated carbocycles. The normalized spacial score (nSPS) is 31.5. The molecule has 0 radical (unpaired) electrons. The van der Waals surface area contributed by atoms with Crippen molar-refractivity contribution in [2.75, 3.05) is 48.9 Å². The highest BCUT2D eigenvalue weighted by Crippen LogP contribution is 2.40. The number of ether oxygens (including phenoxy) is 3. The number of piperidine rings is 1. The van der Waals surface area contributed by atoms with Crippen molar-refractivity contribution >= 4 is 27.6 Å². The van der Waals surface area contributed by atoms with E-state index in [1.807, 2.05) is 18.7 Å². The number of anilines is 2. The smallest absolute Gasteiger partial charge is 0.414 e. The molecular weight excluding hydrogens is 431 g/mol. The van der Waals surface area contributed by atoms with E-state index >= 15 is 0 Å². The highest BCUT2D eigenvalue weighted by molar-refractivity contribution is 7.85. The topological polar surface area (TPSA) is 94.6 Å². The van der Waals surface area contributed by atoms with Gasteiger partial charge < -0.3 is 19.1 Å². The van der Waals surface area contributed by atoms with Crippen LogP contribution in [0.25, 0.3) is 0 Å². The quantitative estimate of drug-likeness (QED) is 0.620. The van der Waals surface area contributed by atoms with E-state index in [1.54, 1.807) is 12.1 Å². The molecule has 0 N–H and O–H groups in total. The molecule has 1 aromatic carbocycles. The molecule has 11 heteroatoms. The lowest BCUT2D eigenvalue weighted by molar-refractivity contribution is -0.207. The minimum Gasteiger partial charge on any atom is -0.441 e. The molecule has 3 aliphatic heterocycles. The molecule has 31 heavy (non-hydrogen) atoms. The number of benzene rings is 1. The number of carbonyl (C=O) groups is 1. The summed E-state index contributed by atoms with van der Waals surface area (Å²) >= 11 is 0. The van der Waals surface area contributed by atoms with Gasteiger partial charge in [0.2, 0.25) is 0 Å². The molecule has 3 fully saturated rings. The third kappa shape index (κ3) is 4.64. The minimum absolute atomic E-state index is 0.0527. The predicted molar refractivity (Wildman–Crippen MR) is 110 cm³/mol. The predicted octanol–water partition coefficient (Wildman–Crippen LogP) is 2.10. The summed E-state index contributed by atoms with van der Waals surface area (Å²) in [4.78, 5) is 15.4. The Bertz CT molecular complexity index is 959. The number of cyclic esters (lactones) is 1. The van der Waals surface area contributed by atoms with Gasteiger partial charge in [-0.2, -0.15) is 8.42 Å². The molecule has 3 heterocycles. The van der Waals surface area contributed by atoms with Gasteiger partial charge in [0.05, 0.1) is 36.9 Å². The zero-order valence-corrected chi connectivity index (χ0v) is 18.6. The average molecular weight is 459 g/mol. The fourth-order valence-corrected chi connectivity index (χ4v) is 4.71. The van der Waals surface area contributed by atoms with Crippen LogP contribution in [0.4, 0.5) is 20.6 Å². The Morgan fingerprint density at radius 3 is 2.68 bits per heavy atom. The molecule has 0 aromatic heterocycles. The minimum atomic E-state index is -3.65. The van der Waals surface area contributed by atoms with Crippen LogP contribution in [0, 0.1) is 11.7 Å². The molecule has 0 bridgehead atoms. The lowest BCUT2D eigenvalue weighted by atomic mass is 9.92. The maximum atomic E-state index is 15.0. The van der Waals surface area contributed by atoms with Gasteiger partial charge in [0.15, 0.2) is 5.79 Å². The van der Waals surface area contributed by atoms with Gasteiger partial charge >= 0.3 is 6.09 Å². The second-order valence-electron chi connectivity index (χ2n) is 8.39. The van der Waals surface area contributed by atoms with Crippen LogP contribution in [-0.2, 0) is 28.5 Å². The van der Waals surface area contributed by atoms with E-state index in [0.29, 0.717) is 37.5 Å². The number of amides is 1. The SMILES string of the molecule is CC1COC2(CCN(c3ccc(N4C[C@H](COS(C)(=O)=O)OC4=O)cc3F)CC2C)O1. The standard InChI is InChI=1S/C20H27FN2O7S/c1-13-9-22(7-6-20(13)27-11-14(2)30-20)18-5-4-15(8-17(18)21)23-10-16(29-19(23)24)12-28-31(3,25)26/h4-5,8,13-14,16H,6-7,9-12H2,1-3H3/t13?,14?,16-,20?/m1/s1. The average Bonchev–Trinajstić information content (AvgIpc) is 3.25. The summed E-state index contributed by atoms with van der Waals surface area (Å²) in [5.74, 6) is -0.991. The van der Waals surface area contributed by atoms with Crippen molar-refractivity contribution in [3.05, 3.63) is 24.0 Å². The summed E-state index contributed by atoms with van der Waals surface area (Å²) in [5, 5.41) is 0. The van der Waals surface area contributed by atoms with Crippen LogP contribution in [-0.4, -0.2) is 71.6 Å². The lowest BCUT2D eigenvalue weighted by Gasteiger charge is -2.43. The molecule has 9 nitrogen and oxygen atoms in total. The number of nitrogens with zero attached hydrogens (tertiary/aromatic N) is 2. The van der Waals surface area contributed by atoms with Crippen LogP contribution in [0.2, 0.25) is 0 Å². The molecule has 172 valence electrons. The summed E-state index contributed by atoms with van der Waals surface area (Å²) in [6.45, 7) is 5.54. The summed E-state index contributed by atoms with van der Waals surface area (Å²) in [7, 11) is -3.65. The zero-order chi connectivity index (χ0) is 22.4. The molecule has 1 spiro atoms. The van der Waals surface area contributed by atoms with Gasteiger partial charge in [-0.3, -0.25) is 9.08 Å². The monoisotopic (exact) mass is 458 g/mol.